The van der Waals surface area contributed by atoms with Gasteiger partial charge in [-0.05, 0) is 175 Å². The van der Waals surface area contributed by atoms with Crippen LogP contribution in [0.4, 0.5) is 0 Å². The standard InChI is InChI=1S/4C14H15NO2.C10H10.C5H6O2.CH4.V/c1-11-10-15(14(2,17)8-5-9-16)13-7-4-3-6-12(11)13;1-10-8-15(12(9-16)7-11(2)17)14-6-4-3-5-13(10)14;1-10-9-15(13(7-8-16)11(2)17)14-6-4-3-5-12(10)14;1-10-9-15(14(17)8-7-11(2)16)13-6-4-3-5-12(10)13;1-8-6-7-9-4-2-3-5-10(8)9;1-5(7)3-2-4-6;;/h3-10,17H,1-2H3;3-6,8-9,12H,7H2,1-2H3;3-6,8-9,13H,7H2,1-2H3;3-9,14,17H,1-2H3;2-6H,7H2,1H3;2-4H,1H3;1H4;/b8-5-;;;8-7-;;3-2-;;. The fraction of sp³-hybridized carbons (Fsp3) is 0.250. The fourth-order valence-corrected chi connectivity index (χ4v) is 9.94. The Morgan fingerprint density at radius 1 is 0.575 bits per heavy atom. The molecule has 5 aromatic carbocycles. The van der Waals surface area contributed by atoms with Crippen LogP contribution in [0.1, 0.15) is 114 Å². The number of aldehydes is 4. The monoisotopic (exact) mass is 1210 g/mol. The predicted molar refractivity (Wildman–Crippen MR) is 346 cm³/mol. The number of Topliss-reactive ketones (excluding diaryl/α,β-unsaturated/α-hetero) is 2. The summed E-state index contributed by atoms with van der Waals surface area (Å²) in [5.74, 6) is -0.139. The van der Waals surface area contributed by atoms with Crippen molar-refractivity contribution in [3.8, 4) is 0 Å². The number of aliphatic hydroxyl groups is 2. The number of carbonyl (C=O) groups excluding carboxylic acids is 8. The molecule has 4 heterocycles. The van der Waals surface area contributed by atoms with Crippen LogP contribution in [-0.4, -0.2) is 76.8 Å². The van der Waals surface area contributed by atoms with Gasteiger partial charge in [-0.1, -0.05) is 111 Å². The Morgan fingerprint density at radius 3 is 1.47 bits per heavy atom. The molecule has 0 saturated carbocycles. The summed E-state index contributed by atoms with van der Waals surface area (Å²) in [7, 11) is 0. The Bertz CT molecular complexity index is 3960. The molecule has 1 aliphatic carbocycles. The van der Waals surface area contributed by atoms with E-state index in [1.54, 1.807) is 16.1 Å². The van der Waals surface area contributed by atoms with Crippen molar-refractivity contribution in [2.45, 2.75) is 120 Å². The summed E-state index contributed by atoms with van der Waals surface area (Å²) >= 11 is 0. The van der Waals surface area contributed by atoms with Crippen molar-refractivity contribution < 1.29 is 67.1 Å². The van der Waals surface area contributed by atoms with Crippen LogP contribution >= 0.6 is 0 Å². The number of hydrogen-bond donors (Lipinski definition) is 2. The van der Waals surface area contributed by atoms with E-state index in [2.05, 4.69) is 37.3 Å². The van der Waals surface area contributed by atoms with Gasteiger partial charge in [-0.25, -0.2) is 0 Å². The molecule has 0 bridgehead atoms. The molecule has 87 heavy (non-hydrogen) atoms. The third kappa shape index (κ3) is 19.8. The minimum Gasteiger partial charge on any atom is -0.370 e. The number of para-hydroxylation sites is 4. The number of carbonyl (C=O) groups is 8. The van der Waals surface area contributed by atoms with Gasteiger partial charge in [0.05, 0.1) is 23.1 Å². The summed E-state index contributed by atoms with van der Waals surface area (Å²) in [6.07, 6.45) is 21.7. The van der Waals surface area contributed by atoms with Crippen LogP contribution in [0.15, 0.2) is 189 Å². The van der Waals surface area contributed by atoms with E-state index in [0.717, 1.165) is 84.9 Å². The van der Waals surface area contributed by atoms with Crippen LogP contribution in [-0.2, 0) is 69.1 Å². The first kappa shape index (κ1) is 72.3. The first-order valence-electron chi connectivity index (χ1n) is 27.8. The van der Waals surface area contributed by atoms with Crippen molar-refractivity contribution in [1.82, 2.24) is 18.3 Å². The SMILES string of the molecule is C.CC(=O)/C=C\C(O)n1cc(C)c2ccccc21.CC(=O)/C=C\C=O.CC(=O)C(CC=O)n1cc(C)c2ccccc21.CC(=O)CC(C=O)n1cc(C)c2ccccc21.CC1=CCc2ccccc21.Cc1cn(C(C)(O)/C=C\C=O)c2ccccc12.[V]. The fourth-order valence-electron chi connectivity index (χ4n) is 9.94. The Hall–Kier alpha value is -8.92. The van der Waals surface area contributed by atoms with Crippen molar-refractivity contribution in [3.63, 3.8) is 0 Å². The van der Waals surface area contributed by atoms with Gasteiger partial charge < -0.3 is 38.1 Å². The predicted octanol–water partition coefficient (Wildman–Crippen LogP) is 13.9. The molecule has 4 aromatic heterocycles. The zero-order chi connectivity index (χ0) is 62.4. The van der Waals surface area contributed by atoms with Gasteiger partial charge in [0.25, 0.3) is 0 Å². The summed E-state index contributed by atoms with van der Waals surface area (Å²) in [4.78, 5) is 85.2. The number of nitrogens with zero attached hydrogens (tertiary/aromatic N) is 4. The molecule has 0 spiro atoms. The van der Waals surface area contributed by atoms with Crippen LogP contribution in [0, 0.1) is 27.7 Å². The molecular formula is C72H80N4O10V. The average Bonchev–Trinajstić information content (AvgIpc) is 2.67. The molecular weight excluding hydrogens is 1130 g/mol. The Kier molecular flexibility index (Phi) is 29.0. The number of aryl methyl sites for hydroxylation is 4. The molecule has 2 N–H and O–H groups in total. The van der Waals surface area contributed by atoms with E-state index in [1.807, 2.05) is 159 Å². The maximum absolute atomic E-state index is 11.6. The molecule has 15 heteroatoms. The second kappa shape index (κ2) is 34.9. The van der Waals surface area contributed by atoms with Gasteiger partial charge in [0.15, 0.2) is 23.1 Å². The maximum Gasteiger partial charge on any atom is 0.158 e. The molecule has 4 unspecified atom stereocenters. The van der Waals surface area contributed by atoms with Gasteiger partial charge in [0.2, 0.25) is 0 Å². The molecule has 0 saturated heterocycles. The van der Waals surface area contributed by atoms with Crippen molar-refractivity contribution >= 4 is 97.5 Å². The van der Waals surface area contributed by atoms with Gasteiger partial charge in [0.1, 0.15) is 37.2 Å². The molecule has 4 atom stereocenters. The maximum atomic E-state index is 11.6. The number of rotatable bonds is 16. The van der Waals surface area contributed by atoms with E-state index in [1.165, 1.54) is 80.9 Å². The zero-order valence-electron chi connectivity index (χ0n) is 50.5. The van der Waals surface area contributed by atoms with Crippen LogP contribution in [0.25, 0.3) is 49.2 Å². The van der Waals surface area contributed by atoms with E-state index in [4.69, 9.17) is 0 Å². The molecule has 0 fully saturated rings. The van der Waals surface area contributed by atoms with E-state index in [0.29, 0.717) is 12.6 Å². The van der Waals surface area contributed by atoms with Gasteiger partial charge in [0, 0.05) is 88.8 Å². The van der Waals surface area contributed by atoms with E-state index < -0.39 is 18.0 Å². The number of ketones is 4. The number of aliphatic hydroxyl groups excluding tert-OH is 1. The number of allylic oxidation sites excluding steroid dienone is 6. The molecule has 10 rings (SSSR count). The smallest absolute Gasteiger partial charge is 0.158 e. The second-order valence-corrected chi connectivity index (χ2v) is 20.9. The summed E-state index contributed by atoms with van der Waals surface area (Å²) in [6.45, 7) is 17.7. The first-order chi connectivity index (χ1) is 40.6. The summed E-state index contributed by atoms with van der Waals surface area (Å²) < 4.78 is 7.31. The third-order valence-electron chi connectivity index (χ3n) is 14.1. The van der Waals surface area contributed by atoms with E-state index in [-0.39, 0.29) is 68.0 Å². The minimum atomic E-state index is -1.20. The van der Waals surface area contributed by atoms with Crippen molar-refractivity contribution in [2.24, 2.45) is 0 Å². The molecule has 0 amide bonds. The van der Waals surface area contributed by atoms with Crippen molar-refractivity contribution in [1.29, 1.82) is 0 Å². The van der Waals surface area contributed by atoms with Gasteiger partial charge in [-0.15, -0.1) is 0 Å². The van der Waals surface area contributed by atoms with Crippen LogP contribution in [0.3, 0.4) is 0 Å². The topological polar surface area (TPSA) is 197 Å². The van der Waals surface area contributed by atoms with E-state index >= 15 is 0 Å². The van der Waals surface area contributed by atoms with Crippen LogP contribution < -0.4 is 0 Å². The molecule has 1 aliphatic rings. The second-order valence-electron chi connectivity index (χ2n) is 20.9. The quantitative estimate of drug-likeness (QED) is 0.0694. The summed E-state index contributed by atoms with van der Waals surface area (Å²) in [6, 6.07) is 39.4. The minimum absolute atomic E-state index is 0. The molecule has 0 aliphatic heterocycles. The Morgan fingerprint density at radius 2 is 1.01 bits per heavy atom. The van der Waals surface area contributed by atoms with Crippen molar-refractivity contribution in [3.05, 3.63) is 222 Å². The zero-order valence-corrected chi connectivity index (χ0v) is 51.9. The molecule has 9 aromatic rings. The molecule has 1 radical (unpaired) electrons. The van der Waals surface area contributed by atoms with Crippen LogP contribution in [0.5, 0.6) is 0 Å². The average molecular weight is 1210 g/mol. The van der Waals surface area contributed by atoms with Gasteiger partial charge >= 0.3 is 0 Å². The van der Waals surface area contributed by atoms with Crippen LogP contribution in [0.2, 0.25) is 0 Å². The number of fused-ring (bicyclic) bond motifs is 5. The largest absolute Gasteiger partial charge is 0.370 e. The molecule has 14 nitrogen and oxygen atoms in total. The summed E-state index contributed by atoms with van der Waals surface area (Å²) in [5, 5.41) is 24.8. The van der Waals surface area contributed by atoms with Gasteiger partial charge in [-0.3, -0.25) is 28.8 Å². The normalized spacial score (nSPS) is 12.9. The Labute approximate surface area is 522 Å². The van der Waals surface area contributed by atoms with E-state index in [9.17, 15) is 48.6 Å². The number of hydrogen-bond acceptors (Lipinski definition) is 10. The first-order valence-corrected chi connectivity index (χ1v) is 27.8. The number of benzene rings is 5. The Balaban J connectivity index is 0.000000277. The molecule has 453 valence electrons. The van der Waals surface area contributed by atoms with Gasteiger partial charge in [-0.2, -0.15) is 0 Å². The third-order valence-corrected chi connectivity index (χ3v) is 14.1. The summed E-state index contributed by atoms with van der Waals surface area (Å²) in [5.41, 5.74) is 11.5. The van der Waals surface area contributed by atoms with Crippen molar-refractivity contribution in [2.75, 3.05) is 0 Å². The number of aromatic nitrogens is 4.